The van der Waals surface area contributed by atoms with E-state index in [0.717, 1.165) is 11.0 Å². The van der Waals surface area contributed by atoms with Gasteiger partial charge in [-0.15, -0.1) is 0 Å². The molecule has 0 spiro atoms. The van der Waals surface area contributed by atoms with Crippen molar-refractivity contribution in [3.8, 4) is 0 Å². The predicted molar refractivity (Wildman–Crippen MR) is 67.7 cm³/mol. The van der Waals surface area contributed by atoms with Crippen molar-refractivity contribution in [2.75, 3.05) is 13.1 Å². The van der Waals surface area contributed by atoms with Crippen molar-refractivity contribution in [3.05, 3.63) is 35.1 Å². The van der Waals surface area contributed by atoms with Crippen LogP contribution in [0.2, 0.25) is 0 Å². The number of alkyl halides is 1. The minimum Gasteiger partial charge on any atom is -0.480 e. The van der Waals surface area contributed by atoms with Crippen molar-refractivity contribution in [1.29, 1.82) is 0 Å². The molecule has 1 saturated carbocycles. The molecule has 0 aromatic heterocycles. The van der Waals surface area contributed by atoms with Gasteiger partial charge in [0.2, 0.25) is 0 Å². The van der Waals surface area contributed by atoms with Crippen molar-refractivity contribution in [2.24, 2.45) is 5.92 Å². The molecule has 0 bridgehead atoms. The van der Waals surface area contributed by atoms with Crippen LogP contribution in [-0.2, 0) is 4.79 Å². The Morgan fingerprint density at radius 3 is 2.60 bits per heavy atom. The summed E-state index contributed by atoms with van der Waals surface area (Å²) in [5.41, 5.74) is 0.475. The number of carbonyl (C=O) groups is 2. The summed E-state index contributed by atoms with van der Waals surface area (Å²) >= 11 is 0. The summed E-state index contributed by atoms with van der Waals surface area (Å²) in [5, 5.41) is 8.82. The Kier molecular flexibility index (Phi) is 4.01. The lowest BCUT2D eigenvalue weighted by Gasteiger charge is -2.20. The number of hydrogen-bond donors (Lipinski definition) is 1. The van der Waals surface area contributed by atoms with E-state index in [1.807, 2.05) is 0 Å². The van der Waals surface area contributed by atoms with Crippen LogP contribution in [0.15, 0.2) is 18.2 Å². The van der Waals surface area contributed by atoms with Gasteiger partial charge in [-0.3, -0.25) is 9.59 Å². The van der Waals surface area contributed by atoms with Crippen LogP contribution in [0.4, 0.5) is 8.78 Å². The number of nitrogens with zero attached hydrogens (tertiary/aromatic N) is 1. The summed E-state index contributed by atoms with van der Waals surface area (Å²) in [6, 6.07) is 3.97. The van der Waals surface area contributed by atoms with Crippen molar-refractivity contribution >= 4 is 11.9 Å². The first-order chi connectivity index (χ1) is 9.38. The minimum atomic E-state index is -1.18. The van der Waals surface area contributed by atoms with Gasteiger partial charge in [0.1, 0.15) is 18.5 Å². The van der Waals surface area contributed by atoms with Crippen molar-refractivity contribution in [1.82, 2.24) is 4.90 Å². The van der Waals surface area contributed by atoms with Gasteiger partial charge in [-0.1, -0.05) is 6.07 Å². The second-order valence-electron chi connectivity index (χ2n) is 5.06. The molecular weight excluding hydrogens is 268 g/mol. The number of amides is 1. The van der Waals surface area contributed by atoms with Gasteiger partial charge < -0.3 is 10.0 Å². The fourth-order valence-corrected chi connectivity index (χ4v) is 1.97. The highest BCUT2D eigenvalue weighted by molar-refractivity contribution is 5.96. The molecule has 4 nitrogen and oxygen atoms in total. The van der Waals surface area contributed by atoms with Crippen LogP contribution in [0, 0.1) is 18.7 Å². The van der Waals surface area contributed by atoms with E-state index in [2.05, 4.69) is 0 Å². The first kappa shape index (κ1) is 14.4. The molecule has 108 valence electrons. The van der Waals surface area contributed by atoms with E-state index in [9.17, 15) is 18.4 Å². The number of carbonyl (C=O) groups excluding carboxylic acids is 1. The standard InChI is InChI=1S/C14H15F2NO3/c1-8-2-3-9(4-11(8)15)14(20)17(7-13(18)19)6-10-5-12(10)16/h2-4,10,12H,5-7H2,1H3,(H,18,19). The average Bonchev–Trinajstić information content (AvgIpc) is 3.06. The van der Waals surface area contributed by atoms with Gasteiger partial charge in [0.25, 0.3) is 5.91 Å². The van der Waals surface area contributed by atoms with Gasteiger partial charge >= 0.3 is 5.97 Å². The fraction of sp³-hybridized carbons (Fsp3) is 0.429. The van der Waals surface area contributed by atoms with Crippen LogP contribution >= 0.6 is 0 Å². The summed E-state index contributed by atoms with van der Waals surface area (Å²) in [6.07, 6.45) is -0.639. The van der Waals surface area contributed by atoms with Crippen LogP contribution < -0.4 is 0 Å². The number of aryl methyl sites for hydroxylation is 1. The summed E-state index contributed by atoms with van der Waals surface area (Å²) in [4.78, 5) is 24.0. The van der Waals surface area contributed by atoms with Crippen molar-refractivity contribution < 1.29 is 23.5 Å². The van der Waals surface area contributed by atoms with E-state index in [-0.39, 0.29) is 18.0 Å². The lowest BCUT2D eigenvalue weighted by Crippen LogP contribution is -2.37. The Morgan fingerprint density at radius 1 is 1.45 bits per heavy atom. The number of carboxylic acids is 1. The predicted octanol–water partition coefficient (Wildman–Crippen LogP) is 2.02. The van der Waals surface area contributed by atoms with E-state index in [0.29, 0.717) is 12.0 Å². The Hall–Kier alpha value is -1.98. The van der Waals surface area contributed by atoms with E-state index >= 15 is 0 Å². The monoisotopic (exact) mass is 283 g/mol. The van der Waals surface area contributed by atoms with Gasteiger partial charge in [0.05, 0.1) is 0 Å². The van der Waals surface area contributed by atoms with Crippen LogP contribution in [0.5, 0.6) is 0 Å². The largest absolute Gasteiger partial charge is 0.480 e. The maximum atomic E-state index is 13.5. The van der Waals surface area contributed by atoms with E-state index in [4.69, 9.17) is 5.11 Å². The maximum Gasteiger partial charge on any atom is 0.323 e. The molecule has 2 unspecified atom stereocenters. The Labute approximate surface area is 115 Å². The summed E-state index contributed by atoms with van der Waals surface area (Å²) in [7, 11) is 0. The van der Waals surface area contributed by atoms with E-state index in [1.54, 1.807) is 6.92 Å². The van der Waals surface area contributed by atoms with E-state index in [1.165, 1.54) is 12.1 Å². The number of carboxylic acid groups (broad SMARTS) is 1. The highest BCUT2D eigenvalue weighted by Crippen LogP contribution is 2.34. The van der Waals surface area contributed by atoms with Crippen molar-refractivity contribution in [2.45, 2.75) is 19.5 Å². The Morgan fingerprint density at radius 2 is 2.10 bits per heavy atom. The molecule has 2 rings (SSSR count). The Balaban J connectivity index is 2.15. The molecule has 0 aliphatic heterocycles. The summed E-state index contributed by atoms with van der Waals surface area (Å²) in [5.74, 6) is -2.61. The average molecular weight is 283 g/mol. The van der Waals surface area contributed by atoms with Crippen molar-refractivity contribution in [3.63, 3.8) is 0 Å². The fourth-order valence-electron chi connectivity index (χ4n) is 1.97. The highest BCUT2D eigenvalue weighted by atomic mass is 19.1. The zero-order valence-corrected chi connectivity index (χ0v) is 11.0. The second-order valence-corrected chi connectivity index (χ2v) is 5.06. The summed E-state index contributed by atoms with van der Waals surface area (Å²) < 4.78 is 26.4. The second kappa shape index (κ2) is 5.56. The molecule has 20 heavy (non-hydrogen) atoms. The first-order valence-electron chi connectivity index (χ1n) is 6.29. The number of rotatable bonds is 5. The van der Waals surface area contributed by atoms with Gasteiger partial charge in [-0.2, -0.15) is 0 Å². The number of benzene rings is 1. The molecule has 1 aliphatic rings. The smallest absolute Gasteiger partial charge is 0.323 e. The molecule has 0 saturated heterocycles. The molecule has 1 fully saturated rings. The number of halogens is 2. The summed E-state index contributed by atoms with van der Waals surface area (Å²) in [6.45, 7) is 1.09. The number of hydrogen-bond acceptors (Lipinski definition) is 2. The normalized spacial score (nSPS) is 20.6. The third-order valence-electron chi connectivity index (χ3n) is 3.32. The SMILES string of the molecule is Cc1ccc(C(=O)N(CC(=O)O)CC2CC2F)cc1F. The molecule has 0 radical (unpaired) electrons. The molecule has 1 aromatic rings. The molecule has 1 amide bonds. The number of aliphatic carboxylic acids is 1. The topological polar surface area (TPSA) is 57.6 Å². The quantitative estimate of drug-likeness (QED) is 0.899. The van der Waals surface area contributed by atoms with Crippen LogP contribution in [0.1, 0.15) is 22.3 Å². The van der Waals surface area contributed by atoms with Gasteiger partial charge in [-0.25, -0.2) is 8.78 Å². The highest BCUT2D eigenvalue weighted by Gasteiger charge is 2.40. The third kappa shape index (κ3) is 3.31. The minimum absolute atomic E-state index is 0.0434. The van der Waals surface area contributed by atoms with Gasteiger partial charge in [0, 0.05) is 18.0 Å². The molecule has 6 heteroatoms. The Bertz CT molecular complexity index is 547. The zero-order chi connectivity index (χ0) is 14.9. The molecule has 2 atom stereocenters. The maximum absolute atomic E-state index is 13.5. The molecule has 0 heterocycles. The molecular formula is C14H15F2NO3. The molecule has 1 aliphatic carbocycles. The first-order valence-corrected chi connectivity index (χ1v) is 6.29. The van der Waals surface area contributed by atoms with Crippen LogP contribution in [-0.4, -0.2) is 41.1 Å². The van der Waals surface area contributed by atoms with Gasteiger partial charge in [0.15, 0.2) is 0 Å². The lowest BCUT2D eigenvalue weighted by atomic mass is 10.1. The van der Waals surface area contributed by atoms with Crippen LogP contribution in [0.3, 0.4) is 0 Å². The lowest BCUT2D eigenvalue weighted by molar-refractivity contribution is -0.137. The zero-order valence-electron chi connectivity index (χ0n) is 11.0. The van der Waals surface area contributed by atoms with Gasteiger partial charge in [-0.05, 0) is 31.0 Å². The third-order valence-corrected chi connectivity index (χ3v) is 3.32. The molecule has 1 aromatic carbocycles. The van der Waals surface area contributed by atoms with Crippen LogP contribution in [0.25, 0.3) is 0 Å². The molecule has 1 N–H and O–H groups in total. The van der Waals surface area contributed by atoms with E-state index < -0.39 is 30.4 Å².